The second-order valence-electron chi connectivity index (χ2n) is 7.15. The summed E-state index contributed by atoms with van der Waals surface area (Å²) in [6.45, 7) is 0.138. The summed E-state index contributed by atoms with van der Waals surface area (Å²) >= 11 is 5.99. The molecule has 0 heterocycles. The van der Waals surface area contributed by atoms with Gasteiger partial charge in [-0.25, -0.2) is 0 Å². The maximum absolute atomic E-state index is 12.3. The van der Waals surface area contributed by atoms with Gasteiger partial charge in [0, 0.05) is 17.5 Å². The molecule has 1 amide bonds. The number of rotatable bonds is 4. The fourth-order valence-corrected chi connectivity index (χ4v) is 4.48. The first-order valence-electron chi connectivity index (χ1n) is 7.89. The van der Waals surface area contributed by atoms with Crippen LogP contribution in [0.4, 0.5) is 0 Å². The smallest absolute Gasteiger partial charge is 0.306 e. The van der Waals surface area contributed by atoms with E-state index in [9.17, 15) is 14.7 Å². The molecule has 5 nitrogen and oxygen atoms in total. The summed E-state index contributed by atoms with van der Waals surface area (Å²) in [6.07, 6.45) is 1.30. The fraction of sp³-hybridized carbons (Fsp3) is 0.529. The molecule has 3 aliphatic carbocycles. The Morgan fingerprint density at radius 2 is 2.09 bits per heavy atom. The molecule has 4 rings (SSSR count). The van der Waals surface area contributed by atoms with Crippen LogP contribution in [0, 0.1) is 17.8 Å². The average Bonchev–Trinajstić information content (AvgIpc) is 3.04. The van der Waals surface area contributed by atoms with Crippen LogP contribution in [-0.4, -0.2) is 34.2 Å². The first-order chi connectivity index (χ1) is 10.9. The summed E-state index contributed by atoms with van der Waals surface area (Å²) in [6, 6.07) is 5.84. The monoisotopic (exact) mass is 335 g/mol. The standard InChI is InChI=1S/C17H18ClNO4/c18-10-1-2-11-8(3-10)4-12-13(11)14(12)15(20)19-7-17(23)5-9(6-17)16(21)22/h1-3,9,12-14,23H,4-7H2,(H,19,20)(H,21,22). The van der Waals surface area contributed by atoms with E-state index in [2.05, 4.69) is 5.32 Å². The summed E-state index contributed by atoms with van der Waals surface area (Å²) in [5.41, 5.74) is 1.39. The average molecular weight is 336 g/mol. The highest BCUT2D eigenvalue weighted by Crippen LogP contribution is 2.61. The predicted molar refractivity (Wildman–Crippen MR) is 83.2 cm³/mol. The van der Waals surface area contributed by atoms with Gasteiger partial charge >= 0.3 is 5.97 Å². The number of hydrogen-bond donors (Lipinski definition) is 3. The Morgan fingerprint density at radius 1 is 1.35 bits per heavy atom. The lowest BCUT2D eigenvalue weighted by atomic mass is 9.71. The molecule has 0 saturated heterocycles. The van der Waals surface area contributed by atoms with Gasteiger partial charge in [0.2, 0.25) is 5.91 Å². The Balaban J connectivity index is 1.33. The zero-order valence-corrected chi connectivity index (χ0v) is 13.2. The SMILES string of the molecule is O=C(O)C1CC(O)(CNC(=O)C2C3Cc4cc(Cl)ccc4C32)C1. The lowest BCUT2D eigenvalue weighted by Crippen LogP contribution is -2.54. The number of carbonyl (C=O) groups is 2. The Hall–Kier alpha value is -1.59. The molecule has 0 spiro atoms. The van der Waals surface area contributed by atoms with E-state index in [-0.39, 0.29) is 37.1 Å². The number of halogens is 1. The highest BCUT2D eigenvalue weighted by Gasteiger charge is 2.59. The third kappa shape index (κ3) is 2.42. The normalized spacial score (nSPS) is 36.6. The van der Waals surface area contributed by atoms with Crippen LogP contribution in [0.25, 0.3) is 0 Å². The summed E-state index contributed by atoms with van der Waals surface area (Å²) in [4.78, 5) is 23.1. The minimum Gasteiger partial charge on any atom is -0.481 e. The number of aliphatic carboxylic acids is 1. The van der Waals surface area contributed by atoms with Gasteiger partial charge in [0.1, 0.15) is 0 Å². The van der Waals surface area contributed by atoms with E-state index in [0.29, 0.717) is 5.92 Å². The van der Waals surface area contributed by atoms with E-state index < -0.39 is 17.5 Å². The molecule has 23 heavy (non-hydrogen) atoms. The molecule has 3 N–H and O–H groups in total. The minimum absolute atomic E-state index is 0.0253. The first-order valence-corrected chi connectivity index (χ1v) is 8.27. The molecule has 0 aromatic heterocycles. The van der Waals surface area contributed by atoms with E-state index in [1.165, 1.54) is 11.1 Å². The summed E-state index contributed by atoms with van der Waals surface area (Å²) in [5.74, 6) is -0.825. The van der Waals surface area contributed by atoms with Crippen molar-refractivity contribution in [3.63, 3.8) is 0 Å². The lowest BCUT2D eigenvalue weighted by Gasteiger charge is -2.41. The zero-order valence-electron chi connectivity index (χ0n) is 12.5. The summed E-state index contributed by atoms with van der Waals surface area (Å²) < 4.78 is 0. The topological polar surface area (TPSA) is 86.6 Å². The van der Waals surface area contributed by atoms with Crippen molar-refractivity contribution in [2.45, 2.75) is 30.8 Å². The van der Waals surface area contributed by atoms with E-state index >= 15 is 0 Å². The van der Waals surface area contributed by atoms with Gasteiger partial charge in [0.15, 0.2) is 0 Å². The van der Waals surface area contributed by atoms with Crippen LogP contribution in [0.15, 0.2) is 18.2 Å². The Bertz CT molecular complexity index is 698. The second-order valence-corrected chi connectivity index (χ2v) is 7.58. The lowest BCUT2D eigenvalue weighted by molar-refractivity contribution is -0.158. The second kappa shape index (κ2) is 4.95. The quantitative estimate of drug-likeness (QED) is 0.779. The number of amides is 1. The third-order valence-electron chi connectivity index (χ3n) is 5.58. The van der Waals surface area contributed by atoms with Gasteiger partial charge in [-0.05, 0) is 54.4 Å². The molecule has 0 aliphatic heterocycles. The molecule has 0 radical (unpaired) electrons. The largest absolute Gasteiger partial charge is 0.481 e. The van der Waals surface area contributed by atoms with Crippen molar-refractivity contribution in [1.82, 2.24) is 5.32 Å². The zero-order chi connectivity index (χ0) is 16.4. The molecule has 2 fully saturated rings. The molecule has 6 heteroatoms. The number of hydrogen-bond acceptors (Lipinski definition) is 3. The van der Waals surface area contributed by atoms with E-state index in [0.717, 1.165) is 11.4 Å². The number of carbonyl (C=O) groups excluding carboxylic acids is 1. The molecular formula is C17H18ClNO4. The van der Waals surface area contributed by atoms with Crippen LogP contribution in [0.3, 0.4) is 0 Å². The van der Waals surface area contributed by atoms with Crippen molar-refractivity contribution in [2.75, 3.05) is 6.54 Å². The Labute approximate surface area is 138 Å². The summed E-state index contributed by atoms with van der Waals surface area (Å²) in [7, 11) is 0. The Morgan fingerprint density at radius 3 is 2.78 bits per heavy atom. The number of nitrogens with one attached hydrogen (secondary N) is 1. The molecule has 3 unspecified atom stereocenters. The molecule has 1 aromatic rings. The molecule has 3 atom stereocenters. The highest BCUT2D eigenvalue weighted by molar-refractivity contribution is 6.30. The van der Waals surface area contributed by atoms with Crippen molar-refractivity contribution in [3.8, 4) is 0 Å². The van der Waals surface area contributed by atoms with Gasteiger partial charge in [-0.1, -0.05) is 17.7 Å². The van der Waals surface area contributed by atoms with Crippen molar-refractivity contribution in [1.29, 1.82) is 0 Å². The van der Waals surface area contributed by atoms with Crippen LogP contribution >= 0.6 is 11.6 Å². The van der Waals surface area contributed by atoms with E-state index in [1.54, 1.807) is 0 Å². The maximum Gasteiger partial charge on any atom is 0.306 e. The predicted octanol–water partition coefficient (Wildman–Crippen LogP) is 1.57. The third-order valence-corrected chi connectivity index (χ3v) is 5.82. The van der Waals surface area contributed by atoms with Gasteiger partial charge in [0.25, 0.3) is 0 Å². The molecule has 1 aromatic carbocycles. The van der Waals surface area contributed by atoms with Crippen LogP contribution in [0.5, 0.6) is 0 Å². The van der Waals surface area contributed by atoms with E-state index in [4.69, 9.17) is 16.7 Å². The van der Waals surface area contributed by atoms with Crippen molar-refractivity contribution in [2.24, 2.45) is 17.8 Å². The van der Waals surface area contributed by atoms with E-state index in [1.807, 2.05) is 18.2 Å². The van der Waals surface area contributed by atoms with Crippen molar-refractivity contribution >= 4 is 23.5 Å². The van der Waals surface area contributed by atoms with Crippen molar-refractivity contribution in [3.05, 3.63) is 34.3 Å². The Kier molecular flexibility index (Phi) is 3.22. The molecular weight excluding hydrogens is 318 g/mol. The molecule has 2 saturated carbocycles. The minimum atomic E-state index is -1.06. The number of benzene rings is 1. The number of carboxylic acids is 1. The molecule has 122 valence electrons. The van der Waals surface area contributed by atoms with Crippen LogP contribution in [0.2, 0.25) is 5.02 Å². The van der Waals surface area contributed by atoms with Crippen LogP contribution in [0.1, 0.15) is 29.9 Å². The molecule has 0 bridgehead atoms. The number of fused-ring (bicyclic) bond motifs is 3. The van der Waals surface area contributed by atoms with Gasteiger partial charge in [0.05, 0.1) is 11.5 Å². The van der Waals surface area contributed by atoms with Crippen LogP contribution < -0.4 is 5.32 Å². The van der Waals surface area contributed by atoms with Crippen LogP contribution in [-0.2, 0) is 16.0 Å². The van der Waals surface area contributed by atoms with Gasteiger partial charge in [-0.15, -0.1) is 0 Å². The van der Waals surface area contributed by atoms with Gasteiger partial charge in [-0.2, -0.15) is 0 Å². The van der Waals surface area contributed by atoms with Gasteiger partial charge < -0.3 is 15.5 Å². The van der Waals surface area contributed by atoms with Crippen molar-refractivity contribution < 1.29 is 19.8 Å². The fourth-order valence-electron chi connectivity index (χ4n) is 4.29. The molecule has 3 aliphatic rings. The van der Waals surface area contributed by atoms with Gasteiger partial charge in [-0.3, -0.25) is 9.59 Å². The first kappa shape index (κ1) is 15.0. The maximum atomic E-state index is 12.3. The number of aliphatic hydroxyl groups is 1. The highest BCUT2D eigenvalue weighted by atomic mass is 35.5. The number of carboxylic acid groups (broad SMARTS) is 1. The summed E-state index contributed by atoms with van der Waals surface area (Å²) in [5, 5.41) is 22.6.